The number of nitrogens with zero attached hydrogens (tertiary/aromatic N) is 1. The fraction of sp³-hybridized carbons (Fsp3) is 1.00. The van der Waals surface area contributed by atoms with Gasteiger partial charge in [-0.1, -0.05) is 6.92 Å². The summed E-state index contributed by atoms with van der Waals surface area (Å²) in [6.07, 6.45) is 2.66. The highest BCUT2D eigenvalue weighted by atomic mass is 16.3. The van der Waals surface area contributed by atoms with E-state index in [9.17, 15) is 5.11 Å². The van der Waals surface area contributed by atoms with E-state index in [1.807, 2.05) is 0 Å². The molecule has 0 bridgehead atoms. The first-order chi connectivity index (χ1) is 5.85. The van der Waals surface area contributed by atoms with Gasteiger partial charge in [0.2, 0.25) is 0 Å². The van der Waals surface area contributed by atoms with E-state index in [0.29, 0.717) is 0 Å². The van der Waals surface area contributed by atoms with E-state index < -0.39 is 0 Å². The normalized spacial score (nSPS) is 11.0. The summed E-state index contributed by atoms with van der Waals surface area (Å²) in [6, 6.07) is 0. The lowest BCUT2D eigenvalue weighted by molar-refractivity contribution is 0.160. The van der Waals surface area contributed by atoms with Gasteiger partial charge in [0.1, 0.15) is 0 Å². The number of rotatable bonds is 8. The molecule has 0 atom stereocenters. The molecule has 1 N–H and O–H groups in total. The van der Waals surface area contributed by atoms with Gasteiger partial charge in [0.25, 0.3) is 0 Å². The third-order valence-corrected chi connectivity index (χ3v) is 1.79. The molecule has 0 aliphatic carbocycles. The van der Waals surface area contributed by atoms with Crippen molar-refractivity contribution >= 4 is 0 Å². The van der Waals surface area contributed by atoms with Gasteiger partial charge in [0.15, 0.2) is 0 Å². The van der Waals surface area contributed by atoms with Gasteiger partial charge < -0.3 is 10.0 Å². The Kier molecular flexibility index (Phi) is 8.88. The van der Waals surface area contributed by atoms with Crippen molar-refractivity contribution in [3.05, 3.63) is 0 Å². The van der Waals surface area contributed by atoms with Crippen LogP contribution in [-0.4, -0.2) is 42.9 Å². The summed E-state index contributed by atoms with van der Waals surface area (Å²) >= 11 is 0. The molecule has 0 aliphatic rings. The molecule has 1 radical (unpaired) electrons. The number of hydrogen-bond acceptors (Lipinski definition) is 2. The molecule has 0 unspecified atom stereocenters. The Morgan fingerprint density at radius 2 is 1.83 bits per heavy atom. The van der Waals surface area contributed by atoms with Crippen LogP contribution >= 0.6 is 0 Å². The molecule has 73 valence electrons. The fourth-order valence-corrected chi connectivity index (χ4v) is 1.23. The minimum absolute atomic E-state index is 0.0132. The molecule has 0 heterocycles. The van der Waals surface area contributed by atoms with Gasteiger partial charge in [-0.05, 0) is 25.8 Å². The van der Waals surface area contributed by atoms with Crippen LogP contribution in [-0.2, 0) is 5.11 Å². The molecular weight excluding hydrogens is 154 g/mol. The lowest BCUT2D eigenvalue weighted by atomic mass is 10.3. The van der Waals surface area contributed by atoms with Crippen LogP contribution in [0.15, 0.2) is 0 Å². The third-order valence-electron chi connectivity index (χ3n) is 1.79. The van der Waals surface area contributed by atoms with Gasteiger partial charge in [-0.25, -0.2) is 5.11 Å². The molecule has 0 aromatic rings. The molecule has 12 heavy (non-hydrogen) atoms. The molecule has 3 heteroatoms. The monoisotopic (exact) mass is 174 g/mol. The quantitative estimate of drug-likeness (QED) is 0.594. The van der Waals surface area contributed by atoms with E-state index in [4.69, 9.17) is 5.11 Å². The van der Waals surface area contributed by atoms with E-state index in [-0.39, 0.29) is 13.2 Å². The Morgan fingerprint density at radius 1 is 1.17 bits per heavy atom. The molecule has 0 aliphatic heterocycles. The maximum Gasteiger partial charge on any atom is 0.0834 e. The SMILES string of the molecule is CCCN(CCC[O])CCCO. The maximum atomic E-state index is 10.2. The Labute approximate surface area is 75.0 Å². The van der Waals surface area contributed by atoms with Crippen molar-refractivity contribution in [2.24, 2.45) is 0 Å². The Balaban J connectivity index is 3.40. The smallest absolute Gasteiger partial charge is 0.0834 e. The Hall–Kier alpha value is -0.120. The highest BCUT2D eigenvalue weighted by Crippen LogP contribution is 1.95. The van der Waals surface area contributed by atoms with Gasteiger partial charge in [0, 0.05) is 19.7 Å². The summed E-state index contributed by atoms with van der Waals surface area (Å²) in [5.41, 5.74) is 0. The largest absolute Gasteiger partial charge is 0.396 e. The van der Waals surface area contributed by atoms with Crippen LogP contribution < -0.4 is 0 Å². The van der Waals surface area contributed by atoms with Crippen molar-refractivity contribution in [1.82, 2.24) is 4.90 Å². The van der Waals surface area contributed by atoms with Crippen molar-refractivity contribution in [2.75, 3.05) is 32.8 Å². The van der Waals surface area contributed by atoms with Crippen LogP contribution in [0.2, 0.25) is 0 Å². The van der Waals surface area contributed by atoms with Crippen molar-refractivity contribution in [3.63, 3.8) is 0 Å². The van der Waals surface area contributed by atoms with Gasteiger partial charge in [0.05, 0.1) is 6.61 Å². The molecule has 0 saturated carbocycles. The fourth-order valence-electron chi connectivity index (χ4n) is 1.23. The third kappa shape index (κ3) is 6.58. The maximum absolute atomic E-state index is 10.2. The summed E-state index contributed by atoms with van der Waals surface area (Å²) in [6.45, 7) is 5.24. The number of hydrogen-bond donors (Lipinski definition) is 1. The summed E-state index contributed by atoms with van der Waals surface area (Å²) in [5, 5.41) is 18.9. The van der Waals surface area contributed by atoms with Crippen molar-refractivity contribution < 1.29 is 10.2 Å². The Bertz CT molecular complexity index is 80.6. The van der Waals surface area contributed by atoms with Crippen molar-refractivity contribution in [3.8, 4) is 0 Å². The average molecular weight is 174 g/mol. The minimum Gasteiger partial charge on any atom is -0.396 e. The van der Waals surface area contributed by atoms with Gasteiger partial charge in [-0.15, -0.1) is 0 Å². The highest BCUT2D eigenvalue weighted by Gasteiger charge is 2.01. The first-order valence-electron chi connectivity index (χ1n) is 4.76. The Morgan fingerprint density at radius 3 is 2.33 bits per heavy atom. The highest BCUT2D eigenvalue weighted by molar-refractivity contribution is 4.56. The zero-order chi connectivity index (χ0) is 9.23. The zero-order valence-corrected chi connectivity index (χ0v) is 7.96. The molecule has 0 aromatic carbocycles. The number of aliphatic hydroxyl groups excluding tert-OH is 1. The lowest BCUT2D eigenvalue weighted by Crippen LogP contribution is -2.27. The van der Waals surface area contributed by atoms with Gasteiger partial charge in [-0.3, -0.25) is 0 Å². The van der Waals surface area contributed by atoms with E-state index in [1.165, 1.54) is 0 Å². The van der Waals surface area contributed by atoms with Crippen LogP contribution in [0.5, 0.6) is 0 Å². The molecule has 3 nitrogen and oxygen atoms in total. The van der Waals surface area contributed by atoms with Gasteiger partial charge >= 0.3 is 0 Å². The molecule has 0 rings (SSSR count). The molecule has 0 saturated heterocycles. The van der Waals surface area contributed by atoms with Gasteiger partial charge in [-0.2, -0.15) is 0 Å². The summed E-state index contributed by atoms with van der Waals surface area (Å²) in [4.78, 5) is 2.24. The molecule has 0 spiro atoms. The van der Waals surface area contributed by atoms with Crippen LogP contribution in [0.3, 0.4) is 0 Å². The minimum atomic E-state index is 0.0132. The topological polar surface area (TPSA) is 43.4 Å². The summed E-state index contributed by atoms with van der Waals surface area (Å²) < 4.78 is 0. The first kappa shape index (κ1) is 11.9. The molecule has 0 aromatic heterocycles. The zero-order valence-electron chi connectivity index (χ0n) is 7.96. The molecular formula is C9H20NO2. The summed E-state index contributed by atoms with van der Waals surface area (Å²) in [7, 11) is 0. The van der Waals surface area contributed by atoms with E-state index >= 15 is 0 Å². The average Bonchev–Trinajstić information content (AvgIpc) is 2.10. The second kappa shape index (κ2) is 8.97. The first-order valence-corrected chi connectivity index (χ1v) is 4.76. The van der Waals surface area contributed by atoms with Crippen molar-refractivity contribution in [1.29, 1.82) is 0 Å². The predicted octanol–water partition coefficient (Wildman–Crippen LogP) is 0.901. The van der Waals surface area contributed by atoms with E-state index in [2.05, 4.69) is 11.8 Å². The molecule has 0 fully saturated rings. The summed E-state index contributed by atoms with van der Waals surface area (Å²) in [5.74, 6) is 0. The lowest BCUT2D eigenvalue weighted by Gasteiger charge is -2.20. The second-order valence-electron chi connectivity index (χ2n) is 2.98. The number of aliphatic hydroxyl groups is 1. The van der Waals surface area contributed by atoms with E-state index in [0.717, 1.165) is 38.9 Å². The van der Waals surface area contributed by atoms with Crippen LogP contribution in [0.4, 0.5) is 0 Å². The second-order valence-corrected chi connectivity index (χ2v) is 2.98. The predicted molar refractivity (Wildman–Crippen MR) is 48.6 cm³/mol. The van der Waals surface area contributed by atoms with Crippen LogP contribution in [0.1, 0.15) is 26.2 Å². The van der Waals surface area contributed by atoms with Crippen LogP contribution in [0.25, 0.3) is 0 Å². The van der Waals surface area contributed by atoms with Crippen molar-refractivity contribution in [2.45, 2.75) is 26.2 Å². The van der Waals surface area contributed by atoms with Crippen LogP contribution in [0, 0.1) is 0 Å². The van der Waals surface area contributed by atoms with E-state index in [1.54, 1.807) is 0 Å². The molecule has 0 amide bonds. The standard InChI is InChI=1S/C9H20NO2/c1-2-5-10(6-3-8-11)7-4-9-12/h11H,2-9H2,1H3.